The monoisotopic (exact) mass is 237 g/mol. The fourth-order valence-corrected chi connectivity index (χ4v) is 4.18. The van der Waals surface area contributed by atoms with Crippen molar-refractivity contribution in [2.75, 3.05) is 39.8 Å². The first-order chi connectivity index (χ1) is 8.34. The van der Waals surface area contributed by atoms with E-state index in [1.807, 2.05) is 0 Å². The van der Waals surface area contributed by atoms with Crippen LogP contribution in [0, 0.1) is 5.92 Å². The second-order valence-corrected chi connectivity index (χ2v) is 6.22. The molecule has 3 heterocycles. The third kappa shape index (κ3) is 2.51. The van der Waals surface area contributed by atoms with Gasteiger partial charge in [-0.3, -0.25) is 4.90 Å². The van der Waals surface area contributed by atoms with E-state index in [9.17, 15) is 0 Å². The van der Waals surface area contributed by atoms with Crippen LogP contribution in [0.4, 0.5) is 0 Å². The third-order valence-electron chi connectivity index (χ3n) is 5.20. The number of nitrogens with zero attached hydrogens (tertiary/aromatic N) is 2. The molecule has 3 nitrogen and oxygen atoms in total. The lowest BCUT2D eigenvalue weighted by Gasteiger charge is -2.48. The van der Waals surface area contributed by atoms with Crippen LogP contribution < -0.4 is 5.32 Å². The average Bonchev–Trinajstić information content (AvgIpc) is 2.40. The smallest absolute Gasteiger partial charge is 0.0145 e. The van der Waals surface area contributed by atoms with Gasteiger partial charge < -0.3 is 10.2 Å². The molecule has 0 saturated carbocycles. The Morgan fingerprint density at radius 3 is 2.65 bits per heavy atom. The van der Waals surface area contributed by atoms with Gasteiger partial charge in [-0.1, -0.05) is 0 Å². The SMILES string of the molecule is CN1CCCC2CN(C3CCNCC3)CCC21. The zero-order valence-electron chi connectivity index (χ0n) is 11.2. The largest absolute Gasteiger partial charge is 0.317 e. The molecule has 0 amide bonds. The molecule has 3 heteroatoms. The molecule has 0 aromatic heterocycles. The van der Waals surface area contributed by atoms with Crippen molar-refractivity contribution in [3.63, 3.8) is 0 Å². The van der Waals surface area contributed by atoms with E-state index in [2.05, 4.69) is 22.2 Å². The molecule has 2 unspecified atom stereocenters. The van der Waals surface area contributed by atoms with Crippen molar-refractivity contribution >= 4 is 0 Å². The van der Waals surface area contributed by atoms with Crippen molar-refractivity contribution in [2.24, 2.45) is 5.92 Å². The molecule has 3 fully saturated rings. The highest BCUT2D eigenvalue weighted by Gasteiger charge is 2.36. The van der Waals surface area contributed by atoms with Crippen LogP contribution in [0.25, 0.3) is 0 Å². The molecule has 0 aromatic rings. The molecule has 1 N–H and O–H groups in total. The summed E-state index contributed by atoms with van der Waals surface area (Å²) >= 11 is 0. The molecule has 0 aromatic carbocycles. The highest BCUT2D eigenvalue weighted by atomic mass is 15.2. The number of hydrogen-bond donors (Lipinski definition) is 1. The summed E-state index contributed by atoms with van der Waals surface area (Å²) in [6, 6.07) is 1.77. The minimum Gasteiger partial charge on any atom is -0.317 e. The fraction of sp³-hybridized carbons (Fsp3) is 1.00. The van der Waals surface area contributed by atoms with Crippen LogP contribution in [0.2, 0.25) is 0 Å². The summed E-state index contributed by atoms with van der Waals surface area (Å²) in [4.78, 5) is 5.43. The Hall–Kier alpha value is -0.120. The van der Waals surface area contributed by atoms with Crippen LogP contribution >= 0.6 is 0 Å². The van der Waals surface area contributed by atoms with E-state index >= 15 is 0 Å². The molecule has 98 valence electrons. The van der Waals surface area contributed by atoms with E-state index in [0.29, 0.717) is 0 Å². The van der Waals surface area contributed by atoms with Crippen LogP contribution in [-0.4, -0.2) is 61.7 Å². The fourth-order valence-electron chi connectivity index (χ4n) is 4.18. The van der Waals surface area contributed by atoms with Gasteiger partial charge in [-0.05, 0) is 71.2 Å². The Morgan fingerprint density at radius 2 is 1.82 bits per heavy atom. The number of likely N-dealkylation sites (tertiary alicyclic amines) is 2. The predicted octanol–water partition coefficient (Wildman–Crippen LogP) is 1.15. The number of piperidine rings is 3. The Bertz CT molecular complexity index is 250. The van der Waals surface area contributed by atoms with Gasteiger partial charge in [-0.25, -0.2) is 0 Å². The molecule has 0 spiro atoms. The van der Waals surface area contributed by atoms with Gasteiger partial charge in [0.1, 0.15) is 0 Å². The van der Waals surface area contributed by atoms with Gasteiger partial charge in [0, 0.05) is 18.6 Å². The molecule has 3 rings (SSSR count). The molecule has 0 bridgehead atoms. The minimum absolute atomic E-state index is 0.879. The summed E-state index contributed by atoms with van der Waals surface area (Å²) in [7, 11) is 2.33. The van der Waals surface area contributed by atoms with Crippen LogP contribution in [0.15, 0.2) is 0 Å². The summed E-state index contributed by atoms with van der Waals surface area (Å²) in [6.45, 7) is 6.51. The molecular weight excluding hydrogens is 210 g/mol. The van der Waals surface area contributed by atoms with Gasteiger partial charge in [0.15, 0.2) is 0 Å². The number of fused-ring (bicyclic) bond motifs is 1. The van der Waals surface area contributed by atoms with Gasteiger partial charge in [0.2, 0.25) is 0 Å². The molecule has 17 heavy (non-hydrogen) atoms. The summed E-state index contributed by atoms with van der Waals surface area (Å²) in [5.74, 6) is 0.956. The third-order valence-corrected chi connectivity index (χ3v) is 5.20. The standard InChI is InChI=1S/C14H27N3/c1-16-9-2-3-12-11-17(10-6-14(12)16)13-4-7-15-8-5-13/h12-15H,2-11H2,1H3. The van der Waals surface area contributed by atoms with E-state index in [4.69, 9.17) is 0 Å². The minimum atomic E-state index is 0.879. The van der Waals surface area contributed by atoms with Crippen molar-refractivity contribution in [1.82, 2.24) is 15.1 Å². The first-order valence-electron chi connectivity index (χ1n) is 7.49. The van der Waals surface area contributed by atoms with Crippen LogP contribution in [0.1, 0.15) is 32.1 Å². The first kappa shape index (κ1) is 11.9. The maximum atomic E-state index is 3.48. The van der Waals surface area contributed by atoms with Crippen LogP contribution in [0.5, 0.6) is 0 Å². The Morgan fingerprint density at radius 1 is 1.00 bits per heavy atom. The second kappa shape index (κ2) is 5.25. The quantitative estimate of drug-likeness (QED) is 0.738. The predicted molar refractivity (Wildman–Crippen MR) is 71.2 cm³/mol. The van der Waals surface area contributed by atoms with Crippen molar-refractivity contribution in [1.29, 1.82) is 0 Å². The highest BCUT2D eigenvalue weighted by Crippen LogP contribution is 2.31. The Balaban J connectivity index is 1.59. The summed E-state index contributed by atoms with van der Waals surface area (Å²) in [5.41, 5.74) is 0. The Labute approximate surface area is 106 Å². The maximum Gasteiger partial charge on any atom is 0.0145 e. The van der Waals surface area contributed by atoms with Gasteiger partial charge in [0.25, 0.3) is 0 Å². The lowest BCUT2D eigenvalue weighted by molar-refractivity contribution is 0.0140. The first-order valence-corrected chi connectivity index (χ1v) is 7.49. The van der Waals surface area contributed by atoms with E-state index in [-0.39, 0.29) is 0 Å². The van der Waals surface area contributed by atoms with E-state index in [0.717, 1.165) is 18.0 Å². The van der Waals surface area contributed by atoms with Crippen molar-refractivity contribution in [3.8, 4) is 0 Å². The Kier molecular flexibility index (Phi) is 3.69. The van der Waals surface area contributed by atoms with E-state index < -0.39 is 0 Å². The van der Waals surface area contributed by atoms with Crippen molar-refractivity contribution in [3.05, 3.63) is 0 Å². The molecule has 3 aliphatic rings. The van der Waals surface area contributed by atoms with Crippen molar-refractivity contribution in [2.45, 2.75) is 44.2 Å². The lowest BCUT2D eigenvalue weighted by Crippen LogP contribution is -2.56. The second-order valence-electron chi connectivity index (χ2n) is 6.22. The number of nitrogens with one attached hydrogen (secondary N) is 1. The number of hydrogen-bond acceptors (Lipinski definition) is 3. The molecule has 0 radical (unpaired) electrons. The molecular formula is C14H27N3. The zero-order chi connectivity index (χ0) is 11.7. The summed E-state index contributed by atoms with van der Waals surface area (Å²) < 4.78 is 0. The van der Waals surface area contributed by atoms with E-state index in [1.54, 1.807) is 0 Å². The maximum absolute atomic E-state index is 3.48. The summed E-state index contributed by atoms with van der Waals surface area (Å²) in [5, 5.41) is 3.48. The normalized spacial score (nSPS) is 37.9. The van der Waals surface area contributed by atoms with Gasteiger partial charge in [-0.2, -0.15) is 0 Å². The molecule has 3 saturated heterocycles. The van der Waals surface area contributed by atoms with Gasteiger partial charge in [-0.15, -0.1) is 0 Å². The van der Waals surface area contributed by atoms with Crippen LogP contribution in [-0.2, 0) is 0 Å². The molecule has 2 atom stereocenters. The van der Waals surface area contributed by atoms with Gasteiger partial charge in [0.05, 0.1) is 0 Å². The van der Waals surface area contributed by atoms with Crippen LogP contribution in [0.3, 0.4) is 0 Å². The zero-order valence-corrected chi connectivity index (χ0v) is 11.2. The lowest BCUT2D eigenvalue weighted by atomic mass is 9.83. The molecule has 0 aliphatic carbocycles. The topological polar surface area (TPSA) is 18.5 Å². The van der Waals surface area contributed by atoms with E-state index in [1.165, 1.54) is 64.8 Å². The average molecular weight is 237 g/mol. The number of rotatable bonds is 1. The highest BCUT2D eigenvalue weighted by molar-refractivity contribution is 4.92. The van der Waals surface area contributed by atoms with Crippen molar-refractivity contribution < 1.29 is 0 Å². The summed E-state index contributed by atoms with van der Waals surface area (Å²) in [6.07, 6.45) is 7.03. The van der Waals surface area contributed by atoms with Gasteiger partial charge >= 0.3 is 0 Å². The molecule has 3 aliphatic heterocycles.